The summed E-state index contributed by atoms with van der Waals surface area (Å²) in [5.74, 6) is -3.17. The third-order valence-corrected chi connectivity index (χ3v) is 8.85. The molecule has 1 heterocycles. The van der Waals surface area contributed by atoms with Crippen LogP contribution in [0.15, 0.2) is 0 Å². The highest BCUT2D eigenvalue weighted by atomic mass is 16.5. The predicted octanol–water partition coefficient (Wildman–Crippen LogP) is 1.41. The zero-order valence-electron chi connectivity index (χ0n) is 32.2. The Morgan fingerprint density at radius 2 is 1.37 bits per heavy atom. The number of hydrogen-bond donors (Lipinski definition) is 5. The molecule has 0 aromatic carbocycles. The third-order valence-electron chi connectivity index (χ3n) is 8.85. The largest absolute Gasteiger partial charge is 0.375 e. The minimum Gasteiger partial charge on any atom is -0.375 e. The first-order chi connectivity index (χ1) is 23.6. The Bertz CT molecular complexity index is 1270. The highest BCUT2D eigenvalue weighted by molar-refractivity contribution is 6.04. The van der Waals surface area contributed by atoms with Crippen molar-refractivity contribution in [3.8, 4) is 0 Å². The second kappa shape index (κ2) is 20.5. The number of imide groups is 3. The molecule has 6 atom stereocenters. The smallest absolute Gasteiger partial charge is 0.331 e. The summed E-state index contributed by atoms with van der Waals surface area (Å²) >= 11 is 0. The van der Waals surface area contributed by atoms with E-state index in [9.17, 15) is 38.4 Å². The first-order valence-corrected chi connectivity index (χ1v) is 17.5. The van der Waals surface area contributed by atoms with Crippen LogP contribution in [0.2, 0.25) is 0 Å². The van der Waals surface area contributed by atoms with Gasteiger partial charge in [0.05, 0.1) is 6.10 Å². The fraction of sp³-hybridized carbons (Fsp3) is 0.765. The van der Waals surface area contributed by atoms with Gasteiger partial charge in [-0.15, -0.1) is 0 Å². The van der Waals surface area contributed by atoms with Crippen molar-refractivity contribution in [3.63, 3.8) is 0 Å². The van der Waals surface area contributed by atoms with E-state index in [0.29, 0.717) is 19.4 Å². The van der Waals surface area contributed by atoms with Crippen LogP contribution in [0.3, 0.4) is 0 Å². The number of hydrogen-bond acceptors (Lipinski definition) is 9. The summed E-state index contributed by atoms with van der Waals surface area (Å²) in [6, 6.07) is -7.40. The maximum atomic E-state index is 13.5. The fourth-order valence-electron chi connectivity index (χ4n) is 5.52. The highest BCUT2D eigenvalue weighted by Gasteiger charge is 2.42. The van der Waals surface area contributed by atoms with Crippen LogP contribution in [0, 0.1) is 23.7 Å². The van der Waals surface area contributed by atoms with Gasteiger partial charge < -0.3 is 30.5 Å². The zero-order valence-corrected chi connectivity index (χ0v) is 32.2. The van der Waals surface area contributed by atoms with E-state index in [0.717, 1.165) is 9.80 Å². The van der Waals surface area contributed by atoms with Crippen LogP contribution in [0.1, 0.15) is 81.1 Å². The molecule has 1 aliphatic rings. The third kappa shape index (κ3) is 13.4. The van der Waals surface area contributed by atoms with Crippen LogP contribution in [-0.4, -0.2) is 127 Å². The van der Waals surface area contributed by atoms with Gasteiger partial charge >= 0.3 is 18.1 Å². The molecule has 0 aromatic rings. The molecule has 0 radical (unpaired) electrons. The molecule has 51 heavy (non-hydrogen) atoms. The summed E-state index contributed by atoms with van der Waals surface area (Å²) in [4.78, 5) is 107. The lowest BCUT2D eigenvalue weighted by atomic mass is 9.96. The van der Waals surface area contributed by atoms with E-state index in [-0.39, 0.29) is 42.4 Å². The number of rotatable bonds is 15. The molecule has 1 aliphatic heterocycles. The second-order valence-corrected chi connectivity index (χ2v) is 14.4. The molecule has 5 N–H and O–H groups in total. The second-order valence-electron chi connectivity index (χ2n) is 14.4. The lowest BCUT2D eigenvalue weighted by molar-refractivity contribution is -0.141. The van der Waals surface area contributed by atoms with Gasteiger partial charge in [0, 0.05) is 41.2 Å². The summed E-state index contributed by atoms with van der Waals surface area (Å²) in [5, 5.41) is 11.9. The van der Waals surface area contributed by atoms with Gasteiger partial charge in [-0.05, 0) is 49.9 Å². The van der Waals surface area contributed by atoms with Gasteiger partial charge in [0.1, 0.15) is 24.2 Å². The topological polar surface area (TPSA) is 216 Å². The van der Waals surface area contributed by atoms with E-state index in [1.54, 1.807) is 13.8 Å². The Hall–Kier alpha value is -4.28. The molecular formula is C34H60N8O9. The minimum absolute atomic E-state index is 0.00920. The van der Waals surface area contributed by atoms with E-state index < -0.39 is 72.0 Å². The molecule has 0 spiro atoms. The molecule has 0 bridgehead atoms. The molecule has 1 fully saturated rings. The molecule has 11 amide bonds. The molecule has 0 unspecified atom stereocenters. The molecule has 0 saturated carbocycles. The summed E-state index contributed by atoms with van der Waals surface area (Å²) in [6.07, 6.45) is 0.671. The summed E-state index contributed by atoms with van der Waals surface area (Å²) in [7, 11) is 5.38. The van der Waals surface area contributed by atoms with Crippen LogP contribution in [-0.2, 0) is 28.7 Å². The average molecular weight is 725 g/mol. The molecule has 1 saturated heterocycles. The van der Waals surface area contributed by atoms with E-state index >= 15 is 0 Å². The molecule has 290 valence electrons. The van der Waals surface area contributed by atoms with Crippen molar-refractivity contribution in [2.75, 3.05) is 34.8 Å². The lowest BCUT2D eigenvalue weighted by Gasteiger charge is -2.33. The molecule has 0 aliphatic carbocycles. The van der Waals surface area contributed by atoms with Gasteiger partial charge in [0.25, 0.3) is 5.91 Å². The maximum absolute atomic E-state index is 13.5. The van der Waals surface area contributed by atoms with Gasteiger partial charge in [-0.3, -0.25) is 39.5 Å². The fourth-order valence-corrected chi connectivity index (χ4v) is 5.52. The summed E-state index contributed by atoms with van der Waals surface area (Å²) < 4.78 is 5.75. The Morgan fingerprint density at radius 3 is 1.86 bits per heavy atom. The highest BCUT2D eigenvalue weighted by Crippen LogP contribution is 2.26. The quantitative estimate of drug-likeness (QED) is 0.165. The van der Waals surface area contributed by atoms with Crippen molar-refractivity contribution in [3.05, 3.63) is 0 Å². The number of nitrogens with zero attached hydrogens (tertiary/aromatic N) is 3. The Kier molecular flexibility index (Phi) is 18.0. The van der Waals surface area contributed by atoms with Crippen LogP contribution >= 0.6 is 0 Å². The number of amides is 11. The predicted molar refractivity (Wildman–Crippen MR) is 189 cm³/mol. The van der Waals surface area contributed by atoms with E-state index in [1.165, 1.54) is 40.0 Å². The van der Waals surface area contributed by atoms with E-state index in [4.69, 9.17) is 4.74 Å². The maximum Gasteiger partial charge on any atom is 0.331 e. The van der Waals surface area contributed by atoms with E-state index in [1.807, 2.05) is 34.6 Å². The van der Waals surface area contributed by atoms with Gasteiger partial charge in [-0.2, -0.15) is 0 Å². The lowest BCUT2D eigenvalue weighted by Crippen LogP contribution is -2.61. The molecule has 1 rings (SSSR count). The number of urea groups is 3. The van der Waals surface area contributed by atoms with Gasteiger partial charge in [-0.25, -0.2) is 14.4 Å². The first-order valence-electron chi connectivity index (χ1n) is 17.5. The Labute approximate surface area is 301 Å². The van der Waals surface area contributed by atoms with Crippen LogP contribution in [0.4, 0.5) is 14.4 Å². The monoisotopic (exact) mass is 724 g/mol. The molecule has 0 aromatic heterocycles. The standard InChI is InChI=1S/C34H60N8O9/c1-18(2)13-14-24(43)41(11)33(49)39-34(50)42(12)26(27-21(7)15-16-51-27)30(46)38-32(48)36-22(8)31(47)40(10)23(17-19(3)4)28(44)37-25(20(5)6)29(45)35-9/h18-23,25-27H,13-17H2,1-12H3,(H,35,45)(H,37,44)(H,39,49,50)(H2,36,38,46,48)/t21-,22-,23+,25+,26+,27-/m1/s1. The van der Waals surface area contributed by atoms with Gasteiger partial charge in [0.2, 0.25) is 23.6 Å². The number of carbonyl (C=O) groups is 8. The van der Waals surface area contributed by atoms with Crippen LogP contribution in [0.5, 0.6) is 0 Å². The van der Waals surface area contributed by atoms with Crippen molar-refractivity contribution >= 4 is 47.6 Å². The molecule has 17 nitrogen and oxygen atoms in total. The van der Waals surface area contributed by atoms with Gasteiger partial charge in [-0.1, -0.05) is 48.5 Å². The van der Waals surface area contributed by atoms with E-state index in [2.05, 4.69) is 26.6 Å². The van der Waals surface area contributed by atoms with Crippen molar-refractivity contribution < 1.29 is 43.1 Å². The minimum atomic E-state index is -1.37. The number of nitrogens with one attached hydrogen (secondary N) is 5. The van der Waals surface area contributed by atoms with Crippen molar-refractivity contribution in [1.82, 2.24) is 41.3 Å². The zero-order chi connectivity index (χ0) is 39.3. The number of likely N-dealkylation sites (N-methyl/N-ethyl adjacent to an activating group) is 3. The van der Waals surface area contributed by atoms with Crippen LogP contribution < -0.4 is 26.6 Å². The van der Waals surface area contributed by atoms with Gasteiger partial charge in [0.15, 0.2) is 0 Å². The first kappa shape index (κ1) is 44.7. The molecular weight excluding hydrogens is 664 g/mol. The Morgan fingerprint density at radius 1 is 0.765 bits per heavy atom. The SMILES string of the molecule is CNC(=O)[C@@H](NC(=O)[C@H](CC(C)C)N(C)C(=O)[C@@H](C)NC(=O)NC(=O)[C@H]([C@@H]1OCC[C@H]1C)N(C)C(=O)NC(=O)N(C)C(=O)CCC(C)C)C(C)C. The van der Waals surface area contributed by atoms with Crippen LogP contribution in [0.25, 0.3) is 0 Å². The number of carbonyl (C=O) groups excluding carboxylic acids is 8. The van der Waals surface area contributed by atoms with Crippen molar-refractivity contribution in [2.45, 2.75) is 111 Å². The number of ether oxygens (including phenoxy) is 1. The summed E-state index contributed by atoms with van der Waals surface area (Å²) in [5.41, 5.74) is 0. The summed E-state index contributed by atoms with van der Waals surface area (Å²) in [6.45, 7) is 14.7. The normalized spacial score (nSPS) is 17.9. The Balaban J connectivity index is 3.07. The van der Waals surface area contributed by atoms with Crippen molar-refractivity contribution in [1.29, 1.82) is 0 Å². The molecule has 17 heteroatoms. The average Bonchev–Trinajstić information content (AvgIpc) is 3.47. The van der Waals surface area contributed by atoms with Crippen molar-refractivity contribution in [2.24, 2.45) is 23.7 Å².